The van der Waals surface area contributed by atoms with Crippen LogP contribution in [0.25, 0.3) is 0 Å². The molecule has 0 fully saturated rings. The highest BCUT2D eigenvalue weighted by molar-refractivity contribution is 5.94. The van der Waals surface area contributed by atoms with Crippen LogP contribution in [-0.4, -0.2) is 17.0 Å². The van der Waals surface area contributed by atoms with Crippen LogP contribution in [0.2, 0.25) is 0 Å². The maximum Gasteiger partial charge on any atom is 0.330 e. The number of amides is 1. The molecule has 2 aromatic rings. The van der Waals surface area contributed by atoms with Gasteiger partial charge in [0.05, 0.1) is 0 Å². The lowest BCUT2D eigenvalue weighted by atomic mass is 10.1. The van der Waals surface area contributed by atoms with Gasteiger partial charge in [-0.1, -0.05) is 37.3 Å². The fourth-order valence-corrected chi connectivity index (χ4v) is 2.12. The molecular formula is C16H17NO4. The fourth-order valence-electron chi connectivity index (χ4n) is 2.12. The van der Waals surface area contributed by atoms with E-state index in [1.807, 2.05) is 13.8 Å². The van der Waals surface area contributed by atoms with Crippen LogP contribution in [0.15, 0.2) is 40.8 Å². The largest absolute Gasteiger partial charge is 0.479 e. The van der Waals surface area contributed by atoms with Gasteiger partial charge in [0, 0.05) is 6.42 Å². The van der Waals surface area contributed by atoms with Gasteiger partial charge in [0.15, 0.2) is 11.8 Å². The standard InChI is InChI=1S/C16H17NO4/c1-3-12-10(2)9-13(21-12)15(18)17-14(16(19)20)11-7-5-4-6-8-11/h4-9,14H,3H2,1-2H3,(H,17,18)(H,19,20). The van der Waals surface area contributed by atoms with E-state index in [-0.39, 0.29) is 5.76 Å². The van der Waals surface area contributed by atoms with E-state index in [4.69, 9.17) is 4.42 Å². The van der Waals surface area contributed by atoms with Crippen molar-refractivity contribution < 1.29 is 19.1 Å². The van der Waals surface area contributed by atoms with Gasteiger partial charge in [-0.25, -0.2) is 4.79 Å². The molecule has 1 unspecified atom stereocenters. The lowest BCUT2D eigenvalue weighted by molar-refractivity contribution is -0.139. The highest BCUT2D eigenvalue weighted by Crippen LogP contribution is 2.18. The summed E-state index contributed by atoms with van der Waals surface area (Å²) in [6.45, 7) is 3.78. The van der Waals surface area contributed by atoms with Crippen molar-refractivity contribution in [3.63, 3.8) is 0 Å². The van der Waals surface area contributed by atoms with Crippen molar-refractivity contribution in [3.05, 3.63) is 59.0 Å². The molecule has 1 aromatic carbocycles. The average molecular weight is 287 g/mol. The Hall–Kier alpha value is -2.56. The molecule has 1 heterocycles. The van der Waals surface area contributed by atoms with Crippen LogP contribution >= 0.6 is 0 Å². The van der Waals surface area contributed by atoms with Crippen molar-refractivity contribution >= 4 is 11.9 Å². The first-order chi connectivity index (χ1) is 10.0. The number of rotatable bonds is 5. The topological polar surface area (TPSA) is 79.5 Å². The lowest BCUT2D eigenvalue weighted by Crippen LogP contribution is -2.33. The maximum absolute atomic E-state index is 12.1. The predicted octanol–water partition coefficient (Wildman–Crippen LogP) is 2.71. The minimum Gasteiger partial charge on any atom is -0.479 e. The van der Waals surface area contributed by atoms with Gasteiger partial charge < -0.3 is 14.8 Å². The first kappa shape index (κ1) is 14.8. The van der Waals surface area contributed by atoms with Crippen LogP contribution in [0.5, 0.6) is 0 Å². The summed E-state index contributed by atoms with van der Waals surface area (Å²) in [6.07, 6.45) is 0.681. The van der Waals surface area contributed by atoms with Crippen molar-refractivity contribution in [2.24, 2.45) is 0 Å². The molecular weight excluding hydrogens is 270 g/mol. The van der Waals surface area contributed by atoms with Gasteiger partial charge >= 0.3 is 5.97 Å². The van der Waals surface area contributed by atoms with Gasteiger partial charge in [-0.3, -0.25) is 4.79 Å². The second-order valence-corrected chi connectivity index (χ2v) is 4.73. The SMILES string of the molecule is CCc1oc(C(=O)NC(C(=O)O)c2ccccc2)cc1C. The number of aliphatic carboxylic acids is 1. The third-order valence-corrected chi connectivity index (χ3v) is 3.22. The Balaban J connectivity index is 2.21. The Morgan fingerprint density at radius 2 is 1.95 bits per heavy atom. The molecule has 5 nitrogen and oxygen atoms in total. The van der Waals surface area contributed by atoms with E-state index in [9.17, 15) is 14.7 Å². The van der Waals surface area contributed by atoms with Crippen LogP contribution < -0.4 is 5.32 Å². The molecule has 1 aromatic heterocycles. The summed E-state index contributed by atoms with van der Waals surface area (Å²) in [5.41, 5.74) is 1.39. The molecule has 0 aliphatic rings. The molecule has 2 N–H and O–H groups in total. The molecule has 110 valence electrons. The van der Waals surface area contributed by atoms with Gasteiger partial charge in [0.2, 0.25) is 0 Å². The van der Waals surface area contributed by atoms with Gasteiger partial charge in [-0.15, -0.1) is 0 Å². The summed E-state index contributed by atoms with van der Waals surface area (Å²) in [6, 6.07) is 9.07. The van der Waals surface area contributed by atoms with Crippen molar-refractivity contribution in [2.45, 2.75) is 26.3 Å². The summed E-state index contributed by atoms with van der Waals surface area (Å²) in [5.74, 6) is -0.791. The number of hydrogen-bond donors (Lipinski definition) is 2. The van der Waals surface area contributed by atoms with Crippen LogP contribution in [-0.2, 0) is 11.2 Å². The van der Waals surface area contributed by atoms with E-state index >= 15 is 0 Å². The number of carbonyl (C=O) groups is 2. The fraction of sp³-hybridized carbons (Fsp3) is 0.250. The Morgan fingerprint density at radius 3 is 2.48 bits per heavy atom. The minimum atomic E-state index is -1.12. The van der Waals surface area contributed by atoms with Crippen molar-refractivity contribution in [2.75, 3.05) is 0 Å². The molecule has 5 heteroatoms. The second kappa shape index (κ2) is 6.26. The first-order valence-electron chi connectivity index (χ1n) is 6.70. The second-order valence-electron chi connectivity index (χ2n) is 4.73. The van der Waals surface area contributed by atoms with E-state index < -0.39 is 17.9 Å². The smallest absolute Gasteiger partial charge is 0.330 e. The number of carbonyl (C=O) groups excluding carboxylic acids is 1. The molecule has 1 amide bonds. The molecule has 21 heavy (non-hydrogen) atoms. The molecule has 1 atom stereocenters. The van der Waals surface area contributed by atoms with Gasteiger partial charge in [0.1, 0.15) is 5.76 Å². The summed E-state index contributed by atoms with van der Waals surface area (Å²) in [4.78, 5) is 23.5. The summed E-state index contributed by atoms with van der Waals surface area (Å²) >= 11 is 0. The Bertz CT molecular complexity index is 646. The quantitative estimate of drug-likeness (QED) is 0.886. The predicted molar refractivity (Wildman–Crippen MR) is 77.1 cm³/mol. The van der Waals surface area contributed by atoms with E-state index in [2.05, 4.69) is 5.32 Å². The van der Waals surface area contributed by atoms with Crippen molar-refractivity contribution in [3.8, 4) is 0 Å². The van der Waals surface area contributed by atoms with Gasteiger partial charge in [-0.05, 0) is 24.1 Å². The normalized spacial score (nSPS) is 11.9. The Kier molecular flexibility index (Phi) is 4.42. The molecule has 0 saturated heterocycles. The Labute approximate surface area is 122 Å². The molecule has 0 radical (unpaired) electrons. The van der Waals surface area contributed by atoms with Crippen molar-refractivity contribution in [1.82, 2.24) is 5.32 Å². The number of aryl methyl sites for hydroxylation is 2. The number of carboxylic acids is 1. The molecule has 0 saturated carbocycles. The summed E-state index contributed by atoms with van der Waals surface area (Å²) < 4.78 is 5.44. The van der Waals surface area contributed by atoms with Crippen LogP contribution in [0, 0.1) is 6.92 Å². The van der Waals surface area contributed by atoms with E-state index in [1.165, 1.54) is 0 Å². The zero-order valence-electron chi connectivity index (χ0n) is 11.9. The number of benzene rings is 1. The Morgan fingerprint density at radius 1 is 1.29 bits per heavy atom. The lowest BCUT2D eigenvalue weighted by Gasteiger charge is -2.13. The van der Waals surface area contributed by atoms with E-state index in [1.54, 1.807) is 36.4 Å². The van der Waals surface area contributed by atoms with Crippen LogP contribution in [0.4, 0.5) is 0 Å². The zero-order valence-corrected chi connectivity index (χ0v) is 11.9. The molecule has 0 bridgehead atoms. The molecule has 0 aliphatic heterocycles. The van der Waals surface area contributed by atoms with Gasteiger partial charge in [0.25, 0.3) is 5.91 Å². The number of hydrogen-bond acceptors (Lipinski definition) is 3. The molecule has 0 spiro atoms. The minimum absolute atomic E-state index is 0.131. The summed E-state index contributed by atoms with van der Waals surface area (Å²) in [5, 5.41) is 11.8. The highest BCUT2D eigenvalue weighted by atomic mass is 16.4. The molecule has 2 rings (SSSR count). The third-order valence-electron chi connectivity index (χ3n) is 3.22. The average Bonchev–Trinajstić information content (AvgIpc) is 2.86. The summed E-state index contributed by atoms with van der Waals surface area (Å²) in [7, 11) is 0. The highest BCUT2D eigenvalue weighted by Gasteiger charge is 2.24. The van der Waals surface area contributed by atoms with Crippen LogP contribution in [0.3, 0.4) is 0 Å². The van der Waals surface area contributed by atoms with E-state index in [0.717, 1.165) is 11.3 Å². The number of furan rings is 1. The van der Waals surface area contributed by atoms with E-state index in [0.29, 0.717) is 12.0 Å². The number of carboxylic acid groups (broad SMARTS) is 1. The van der Waals surface area contributed by atoms with Gasteiger partial charge in [-0.2, -0.15) is 0 Å². The number of nitrogens with one attached hydrogen (secondary N) is 1. The maximum atomic E-state index is 12.1. The monoisotopic (exact) mass is 287 g/mol. The first-order valence-corrected chi connectivity index (χ1v) is 6.70. The van der Waals surface area contributed by atoms with Crippen LogP contribution in [0.1, 0.15) is 40.4 Å². The zero-order chi connectivity index (χ0) is 15.4. The molecule has 0 aliphatic carbocycles. The third kappa shape index (κ3) is 3.31. The van der Waals surface area contributed by atoms with Crippen molar-refractivity contribution in [1.29, 1.82) is 0 Å².